The molecule has 0 saturated carbocycles. The molecule has 0 fully saturated rings. The van der Waals surface area contributed by atoms with Gasteiger partial charge in [-0.05, 0) is 29.1 Å². The van der Waals surface area contributed by atoms with Crippen molar-refractivity contribution in [3.63, 3.8) is 0 Å². The summed E-state index contributed by atoms with van der Waals surface area (Å²) in [5.74, 6) is -0.417. The average molecular weight is 274 g/mol. The molecule has 0 aliphatic carbocycles. The molecule has 2 amide bonds. The van der Waals surface area contributed by atoms with E-state index >= 15 is 0 Å². The Morgan fingerprint density at radius 3 is 2.42 bits per heavy atom. The summed E-state index contributed by atoms with van der Waals surface area (Å²) in [7, 11) is 0. The number of amides is 2. The fourth-order valence-corrected chi connectivity index (χ4v) is 2.39. The number of nitrogens with two attached hydrogens (primary N) is 1. The zero-order valence-electron chi connectivity index (χ0n) is 10.3. The Hall–Kier alpha value is -2.14. The van der Waals surface area contributed by atoms with Gasteiger partial charge in [0, 0.05) is 10.6 Å². The van der Waals surface area contributed by atoms with Crippen LogP contribution in [0.4, 0.5) is 5.69 Å². The fraction of sp³-hybridized carbons (Fsp3) is 0.143. The minimum absolute atomic E-state index is 0.0508. The molecule has 0 spiro atoms. The number of benzene rings is 1. The molecule has 3 N–H and O–H groups in total. The number of carbonyl (C=O) groups excluding carboxylic acids is 2. The average Bonchev–Trinajstić information content (AvgIpc) is 2.83. The third kappa shape index (κ3) is 4.22. The molecule has 2 aromatic rings. The van der Waals surface area contributed by atoms with E-state index in [2.05, 4.69) is 5.32 Å². The minimum atomic E-state index is -0.366. The summed E-state index contributed by atoms with van der Waals surface area (Å²) in [6.07, 6.45) is 0.587. The van der Waals surface area contributed by atoms with Crippen LogP contribution in [-0.2, 0) is 22.4 Å². The maximum atomic E-state index is 11.8. The molecule has 1 aromatic carbocycles. The molecule has 0 bridgehead atoms. The summed E-state index contributed by atoms with van der Waals surface area (Å²) in [5.41, 5.74) is 6.67. The lowest BCUT2D eigenvalue weighted by Crippen LogP contribution is -2.15. The normalized spacial score (nSPS) is 10.1. The Morgan fingerprint density at radius 2 is 1.84 bits per heavy atom. The van der Waals surface area contributed by atoms with Gasteiger partial charge in [-0.15, -0.1) is 11.3 Å². The van der Waals surface area contributed by atoms with Crippen LogP contribution in [0.1, 0.15) is 10.4 Å². The molecule has 1 aromatic heterocycles. The van der Waals surface area contributed by atoms with Gasteiger partial charge in [0.2, 0.25) is 11.8 Å². The van der Waals surface area contributed by atoms with Crippen LogP contribution in [0.2, 0.25) is 0 Å². The van der Waals surface area contributed by atoms with E-state index in [4.69, 9.17) is 5.73 Å². The first kappa shape index (κ1) is 13.3. The van der Waals surface area contributed by atoms with Crippen LogP contribution in [0, 0.1) is 0 Å². The van der Waals surface area contributed by atoms with Gasteiger partial charge in [-0.25, -0.2) is 0 Å². The van der Waals surface area contributed by atoms with Gasteiger partial charge in [0.25, 0.3) is 0 Å². The Labute approximate surface area is 115 Å². The first-order valence-electron chi connectivity index (χ1n) is 5.83. The van der Waals surface area contributed by atoms with Gasteiger partial charge in [0.05, 0.1) is 12.8 Å². The zero-order valence-corrected chi connectivity index (χ0v) is 11.1. The summed E-state index contributed by atoms with van der Waals surface area (Å²) in [6.45, 7) is 0. The monoisotopic (exact) mass is 274 g/mol. The molecule has 0 saturated heterocycles. The van der Waals surface area contributed by atoms with Gasteiger partial charge in [-0.1, -0.05) is 18.2 Å². The molecule has 0 unspecified atom stereocenters. The molecule has 5 heteroatoms. The lowest BCUT2D eigenvalue weighted by molar-refractivity contribution is -0.117. The van der Waals surface area contributed by atoms with Crippen molar-refractivity contribution in [1.29, 1.82) is 0 Å². The molecule has 19 heavy (non-hydrogen) atoms. The second-order valence-corrected chi connectivity index (χ2v) is 5.18. The van der Waals surface area contributed by atoms with E-state index in [1.165, 1.54) is 0 Å². The van der Waals surface area contributed by atoms with Crippen molar-refractivity contribution in [3.05, 3.63) is 52.2 Å². The topological polar surface area (TPSA) is 72.2 Å². The highest BCUT2D eigenvalue weighted by molar-refractivity contribution is 7.10. The number of thiophene rings is 1. The van der Waals surface area contributed by atoms with E-state index in [0.29, 0.717) is 6.42 Å². The summed E-state index contributed by atoms with van der Waals surface area (Å²) in [5, 5.41) is 4.76. The Bertz CT molecular complexity index is 562. The van der Waals surface area contributed by atoms with Crippen molar-refractivity contribution in [1.82, 2.24) is 0 Å². The molecule has 0 atom stereocenters. The largest absolute Gasteiger partial charge is 0.369 e. The Balaban J connectivity index is 1.92. The first-order valence-corrected chi connectivity index (χ1v) is 6.71. The van der Waals surface area contributed by atoms with Gasteiger partial charge in [0.1, 0.15) is 0 Å². The van der Waals surface area contributed by atoms with Gasteiger partial charge < -0.3 is 11.1 Å². The number of primary amides is 1. The number of anilines is 1. The number of carbonyl (C=O) groups is 2. The van der Waals surface area contributed by atoms with Crippen LogP contribution in [0.3, 0.4) is 0 Å². The lowest BCUT2D eigenvalue weighted by atomic mass is 10.1. The lowest BCUT2D eigenvalue weighted by Gasteiger charge is -2.05. The smallest absolute Gasteiger partial charge is 0.229 e. The summed E-state index contributed by atoms with van der Waals surface area (Å²) >= 11 is 1.56. The fourth-order valence-electron chi connectivity index (χ4n) is 1.68. The summed E-state index contributed by atoms with van der Waals surface area (Å²) < 4.78 is 0. The van der Waals surface area contributed by atoms with Crippen molar-refractivity contribution >= 4 is 28.8 Å². The number of rotatable bonds is 5. The molecule has 4 nitrogen and oxygen atoms in total. The van der Waals surface area contributed by atoms with Crippen LogP contribution in [-0.4, -0.2) is 11.8 Å². The van der Waals surface area contributed by atoms with E-state index in [0.717, 1.165) is 16.1 Å². The van der Waals surface area contributed by atoms with Gasteiger partial charge in [-0.3, -0.25) is 9.59 Å². The second kappa shape index (κ2) is 6.15. The van der Waals surface area contributed by atoms with E-state index in [9.17, 15) is 9.59 Å². The third-order valence-corrected chi connectivity index (χ3v) is 3.41. The van der Waals surface area contributed by atoms with Crippen molar-refractivity contribution < 1.29 is 9.59 Å². The predicted octanol–water partition coefficient (Wildman–Crippen LogP) is 1.96. The Morgan fingerprint density at radius 1 is 1.11 bits per heavy atom. The van der Waals surface area contributed by atoms with Crippen molar-refractivity contribution in [2.45, 2.75) is 12.8 Å². The quantitative estimate of drug-likeness (QED) is 0.874. The van der Waals surface area contributed by atoms with Crippen molar-refractivity contribution in [3.8, 4) is 0 Å². The molecule has 0 aliphatic heterocycles. The number of hydrogen-bond acceptors (Lipinski definition) is 3. The molecule has 0 aliphatic rings. The Kier molecular flexibility index (Phi) is 4.30. The van der Waals surface area contributed by atoms with Crippen LogP contribution in [0.25, 0.3) is 0 Å². The molecular formula is C14H14N2O2S. The molecular weight excluding hydrogens is 260 g/mol. The van der Waals surface area contributed by atoms with Crippen LogP contribution in [0.15, 0.2) is 41.8 Å². The standard InChI is InChI=1S/C14H14N2O2S/c15-13(17)8-10-3-5-11(6-4-10)16-14(18)9-12-2-1-7-19-12/h1-7H,8-9H2,(H2,15,17)(H,16,18). The first-order chi connectivity index (χ1) is 9.13. The van der Waals surface area contributed by atoms with E-state index in [1.807, 2.05) is 17.5 Å². The molecule has 98 valence electrons. The SMILES string of the molecule is NC(=O)Cc1ccc(NC(=O)Cc2cccs2)cc1. The molecule has 2 rings (SSSR count). The van der Waals surface area contributed by atoms with E-state index in [1.54, 1.807) is 35.6 Å². The van der Waals surface area contributed by atoms with E-state index in [-0.39, 0.29) is 18.2 Å². The van der Waals surface area contributed by atoms with Gasteiger partial charge >= 0.3 is 0 Å². The second-order valence-electron chi connectivity index (χ2n) is 4.14. The molecule has 1 heterocycles. The van der Waals surface area contributed by atoms with Crippen LogP contribution < -0.4 is 11.1 Å². The minimum Gasteiger partial charge on any atom is -0.369 e. The van der Waals surface area contributed by atoms with Crippen LogP contribution >= 0.6 is 11.3 Å². The van der Waals surface area contributed by atoms with Gasteiger partial charge in [-0.2, -0.15) is 0 Å². The number of hydrogen-bond donors (Lipinski definition) is 2. The summed E-state index contributed by atoms with van der Waals surface area (Å²) in [6, 6.07) is 11.0. The number of nitrogens with one attached hydrogen (secondary N) is 1. The van der Waals surface area contributed by atoms with E-state index < -0.39 is 0 Å². The zero-order chi connectivity index (χ0) is 13.7. The highest BCUT2D eigenvalue weighted by Gasteiger charge is 2.05. The highest BCUT2D eigenvalue weighted by Crippen LogP contribution is 2.13. The predicted molar refractivity (Wildman–Crippen MR) is 76.0 cm³/mol. The van der Waals surface area contributed by atoms with Crippen molar-refractivity contribution in [2.75, 3.05) is 5.32 Å². The highest BCUT2D eigenvalue weighted by atomic mass is 32.1. The maximum absolute atomic E-state index is 11.8. The third-order valence-electron chi connectivity index (χ3n) is 2.53. The summed E-state index contributed by atoms with van der Waals surface area (Å²) in [4.78, 5) is 23.6. The van der Waals surface area contributed by atoms with Crippen molar-refractivity contribution in [2.24, 2.45) is 5.73 Å². The van der Waals surface area contributed by atoms with Gasteiger partial charge in [0.15, 0.2) is 0 Å². The molecule has 0 radical (unpaired) electrons. The maximum Gasteiger partial charge on any atom is 0.229 e. The van der Waals surface area contributed by atoms with Crippen LogP contribution in [0.5, 0.6) is 0 Å².